The molecular weight excluding hydrogens is 283 g/mol. The predicted molar refractivity (Wildman–Crippen MR) is 70.5 cm³/mol. The van der Waals surface area contributed by atoms with Crippen LogP contribution in [-0.2, 0) is 26.2 Å². The van der Waals surface area contributed by atoms with E-state index in [1.165, 1.54) is 0 Å². The van der Waals surface area contributed by atoms with Crippen LogP contribution in [0.4, 0.5) is 0 Å². The van der Waals surface area contributed by atoms with E-state index in [2.05, 4.69) is 12.2 Å². The van der Waals surface area contributed by atoms with Crippen LogP contribution in [0.1, 0.15) is 0 Å². The maximum Gasteiger partial charge on any atom is 2.00 e. The van der Waals surface area contributed by atoms with Crippen molar-refractivity contribution < 1.29 is 26.2 Å². The molecule has 0 fully saturated rings. The molecule has 0 radical (unpaired) electrons. The van der Waals surface area contributed by atoms with Gasteiger partial charge in [-0.2, -0.15) is 60.8 Å². The minimum absolute atomic E-state index is 0. The van der Waals surface area contributed by atoms with Crippen molar-refractivity contribution in [2.45, 2.75) is 0 Å². The van der Waals surface area contributed by atoms with Crippen molar-refractivity contribution >= 4 is 0 Å². The molecular formula is C16H14Zr. The smallest absolute Gasteiger partial charge is 0.184 e. The van der Waals surface area contributed by atoms with E-state index >= 15 is 0 Å². The molecule has 2 aliphatic rings. The van der Waals surface area contributed by atoms with Gasteiger partial charge >= 0.3 is 26.2 Å². The van der Waals surface area contributed by atoms with Crippen LogP contribution in [0.15, 0.2) is 85.1 Å². The second-order valence-electron chi connectivity index (χ2n) is 2.92. The first-order valence-electron chi connectivity index (χ1n) is 5.15. The molecule has 1 heteroatoms. The Bertz CT molecular complexity index is 247. The molecule has 0 spiro atoms. The molecule has 0 amide bonds. The summed E-state index contributed by atoms with van der Waals surface area (Å²) in [6.45, 7) is 0. The number of allylic oxidation sites excluding steroid dienone is 16. The molecule has 0 aliphatic heterocycles. The zero-order valence-electron chi connectivity index (χ0n) is 9.58. The van der Waals surface area contributed by atoms with Gasteiger partial charge in [0, 0.05) is 0 Å². The second kappa shape index (κ2) is 12.9. The minimum Gasteiger partial charge on any atom is -0.184 e. The third-order valence-corrected chi connectivity index (χ3v) is 1.66. The van der Waals surface area contributed by atoms with Gasteiger partial charge in [0.05, 0.1) is 0 Å². The van der Waals surface area contributed by atoms with Gasteiger partial charge in [-0.3, -0.25) is 0 Å². The van der Waals surface area contributed by atoms with Crippen LogP contribution in [0, 0.1) is 12.2 Å². The zero-order valence-corrected chi connectivity index (χ0v) is 12.0. The molecule has 0 aromatic carbocycles. The van der Waals surface area contributed by atoms with E-state index in [4.69, 9.17) is 0 Å². The average molecular weight is 298 g/mol. The molecule has 17 heavy (non-hydrogen) atoms. The Hall–Kier alpha value is -1.20. The molecule has 82 valence electrons. The summed E-state index contributed by atoms with van der Waals surface area (Å²) in [6.07, 6.45) is 33.0. The van der Waals surface area contributed by atoms with E-state index in [1.807, 2.05) is 85.1 Å². The summed E-state index contributed by atoms with van der Waals surface area (Å²) in [5, 5.41) is 0. The van der Waals surface area contributed by atoms with Gasteiger partial charge in [-0.25, -0.2) is 0 Å². The second-order valence-corrected chi connectivity index (χ2v) is 2.92. The summed E-state index contributed by atoms with van der Waals surface area (Å²) in [4.78, 5) is 0. The van der Waals surface area contributed by atoms with Crippen molar-refractivity contribution in [3.8, 4) is 0 Å². The molecule has 0 aromatic heterocycles. The molecule has 0 saturated heterocycles. The van der Waals surface area contributed by atoms with E-state index in [1.54, 1.807) is 0 Å². The van der Waals surface area contributed by atoms with E-state index < -0.39 is 0 Å². The van der Waals surface area contributed by atoms with Crippen molar-refractivity contribution in [2.75, 3.05) is 0 Å². The molecule has 2 aliphatic carbocycles. The van der Waals surface area contributed by atoms with Crippen LogP contribution in [0.5, 0.6) is 0 Å². The summed E-state index contributed by atoms with van der Waals surface area (Å²) in [6, 6.07) is 0. The first kappa shape index (κ1) is 15.8. The van der Waals surface area contributed by atoms with Crippen molar-refractivity contribution in [3.63, 3.8) is 0 Å². The molecule has 0 unspecified atom stereocenters. The third kappa shape index (κ3) is 11.1. The summed E-state index contributed by atoms with van der Waals surface area (Å²) in [7, 11) is 0. The minimum atomic E-state index is 0. The van der Waals surface area contributed by atoms with Crippen molar-refractivity contribution in [3.05, 3.63) is 97.2 Å². The van der Waals surface area contributed by atoms with Gasteiger partial charge in [0.2, 0.25) is 0 Å². The quantitative estimate of drug-likeness (QED) is 0.592. The Morgan fingerprint density at radius 1 is 0.412 bits per heavy atom. The van der Waals surface area contributed by atoms with E-state index in [0.29, 0.717) is 0 Å². The average Bonchev–Trinajstić information content (AvgIpc) is 2.15. The molecule has 0 saturated carbocycles. The Balaban J connectivity index is 0.000000284. The largest absolute Gasteiger partial charge is 2.00 e. The normalized spacial score (nSPS) is 20.7. The Kier molecular flexibility index (Phi) is 12.0. The monoisotopic (exact) mass is 296 g/mol. The Morgan fingerprint density at radius 2 is 0.765 bits per heavy atom. The van der Waals surface area contributed by atoms with E-state index in [9.17, 15) is 0 Å². The predicted octanol–water partition coefficient (Wildman–Crippen LogP) is 4.05. The molecule has 0 N–H and O–H groups in total. The van der Waals surface area contributed by atoms with Gasteiger partial charge in [-0.15, -0.1) is 24.3 Å². The van der Waals surface area contributed by atoms with Crippen LogP contribution in [0.25, 0.3) is 0 Å². The topological polar surface area (TPSA) is 0 Å². The molecule has 2 rings (SSSR count). The maximum absolute atomic E-state index is 2.94. The van der Waals surface area contributed by atoms with Crippen molar-refractivity contribution in [2.24, 2.45) is 0 Å². The SMILES string of the molecule is [C-]1=C/C=C\C=C/C=C1.[C-]1=CC=CC=C/C=C\1.[Zr+2]. The maximum atomic E-state index is 2.94. The van der Waals surface area contributed by atoms with Crippen LogP contribution in [-0.4, -0.2) is 0 Å². The standard InChI is InChI=1S/2C8H7.Zr/c2*1-2-4-6-8-7-5-3-1;/h2*1-7H;/q2*-1;+2/b2-1?,3-1?,4-2?,5-3?,6-4-,7-5?;2-1-,3-1?,4-2?,5-3-,6-4?,7-5?;. The summed E-state index contributed by atoms with van der Waals surface area (Å²) in [5.41, 5.74) is 0. The van der Waals surface area contributed by atoms with Crippen LogP contribution < -0.4 is 0 Å². The fraction of sp³-hybridized carbons (Fsp3) is 0. The van der Waals surface area contributed by atoms with E-state index in [-0.39, 0.29) is 26.2 Å². The van der Waals surface area contributed by atoms with Gasteiger partial charge < -0.3 is 0 Å². The summed E-state index contributed by atoms with van der Waals surface area (Å²) < 4.78 is 0. The van der Waals surface area contributed by atoms with Gasteiger partial charge in [-0.05, 0) is 0 Å². The molecule has 0 nitrogen and oxygen atoms in total. The number of rotatable bonds is 0. The fourth-order valence-electron chi connectivity index (χ4n) is 0.940. The van der Waals surface area contributed by atoms with Crippen molar-refractivity contribution in [1.82, 2.24) is 0 Å². The van der Waals surface area contributed by atoms with Crippen molar-refractivity contribution in [1.29, 1.82) is 0 Å². The van der Waals surface area contributed by atoms with Gasteiger partial charge in [0.25, 0.3) is 0 Å². The van der Waals surface area contributed by atoms with Gasteiger partial charge in [-0.1, -0.05) is 12.2 Å². The third-order valence-electron chi connectivity index (χ3n) is 1.66. The van der Waals surface area contributed by atoms with Gasteiger partial charge in [0.1, 0.15) is 0 Å². The van der Waals surface area contributed by atoms with Gasteiger partial charge in [0.15, 0.2) is 0 Å². The Morgan fingerprint density at radius 3 is 1.24 bits per heavy atom. The summed E-state index contributed by atoms with van der Waals surface area (Å²) >= 11 is 0. The molecule has 0 aromatic rings. The first-order chi connectivity index (χ1) is 8.00. The van der Waals surface area contributed by atoms with Crippen LogP contribution in [0.3, 0.4) is 0 Å². The Labute approximate surface area is 123 Å². The van der Waals surface area contributed by atoms with Crippen LogP contribution in [0.2, 0.25) is 0 Å². The molecule has 0 heterocycles. The summed E-state index contributed by atoms with van der Waals surface area (Å²) in [5.74, 6) is 0. The molecule has 0 bridgehead atoms. The molecule has 0 atom stereocenters. The van der Waals surface area contributed by atoms with E-state index in [0.717, 1.165) is 0 Å². The van der Waals surface area contributed by atoms with Crippen LogP contribution >= 0.6 is 0 Å². The first-order valence-corrected chi connectivity index (χ1v) is 5.15. The fourth-order valence-corrected chi connectivity index (χ4v) is 0.940. The number of hydrogen-bond acceptors (Lipinski definition) is 0. The zero-order chi connectivity index (χ0) is 11.3. The number of hydrogen-bond donors (Lipinski definition) is 0.